The van der Waals surface area contributed by atoms with E-state index in [2.05, 4.69) is 49.2 Å². The molecule has 0 saturated carbocycles. The van der Waals surface area contributed by atoms with Crippen LogP contribution in [0.2, 0.25) is 0 Å². The number of ether oxygens (including phenoxy) is 1. The van der Waals surface area contributed by atoms with Crippen LogP contribution in [-0.4, -0.2) is 32.0 Å². The number of nitrogens with zero attached hydrogens (tertiary/aromatic N) is 3. The molecule has 6 nitrogen and oxygen atoms in total. The van der Waals surface area contributed by atoms with Gasteiger partial charge in [0.2, 0.25) is 0 Å². The van der Waals surface area contributed by atoms with Gasteiger partial charge in [-0.15, -0.1) is 0 Å². The van der Waals surface area contributed by atoms with Crippen molar-refractivity contribution in [1.82, 2.24) is 24.9 Å². The van der Waals surface area contributed by atoms with Crippen LogP contribution in [0.15, 0.2) is 85.1 Å². The van der Waals surface area contributed by atoms with E-state index in [1.165, 1.54) is 0 Å². The largest absolute Gasteiger partial charge is 0.496 e. The van der Waals surface area contributed by atoms with Gasteiger partial charge in [0, 0.05) is 50.7 Å². The van der Waals surface area contributed by atoms with Gasteiger partial charge in [0.1, 0.15) is 5.75 Å². The summed E-state index contributed by atoms with van der Waals surface area (Å²) in [6, 6.07) is 26.1. The monoisotopic (exact) mass is 525 g/mol. The van der Waals surface area contributed by atoms with Gasteiger partial charge in [-0.05, 0) is 97.1 Å². The Bertz CT molecular complexity index is 1620. The number of aromatic amines is 2. The molecular formula is C30H23FeN5O. The third-order valence-electron chi connectivity index (χ3n) is 5.87. The van der Waals surface area contributed by atoms with Crippen LogP contribution in [0.1, 0.15) is 22.8 Å². The summed E-state index contributed by atoms with van der Waals surface area (Å²) in [7, 11) is 1.67. The molecule has 5 aromatic rings. The number of hydrogen-bond donors (Lipinski definition) is 2. The first kappa shape index (κ1) is 24.3. The maximum atomic E-state index is 5.19. The molecule has 2 N–H and O–H groups in total. The summed E-state index contributed by atoms with van der Waals surface area (Å²) in [6.45, 7) is 0. The summed E-state index contributed by atoms with van der Waals surface area (Å²) in [6.07, 6.45) is 9.87. The maximum absolute atomic E-state index is 5.19. The molecule has 1 aromatic carbocycles. The van der Waals surface area contributed by atoms with E-state index in [9.17, 15) is 0 Å². The minimum absolute atomic E-state index is 0. The molecule has 0 radical (unpaired) electrons. The van der Waals surface area contributed by atoms with E-state index in [1.54, 1.807) is 13.3 Å². The van der Waals surface area contributed by atoms with Crippen LogP contribution in [0.4, 0.5) is 0 Å². The van der Waals surface area contributed by atoms with Crippen molar-refractivity contribution in [2.75, 3.05) is 7.11 Å². The van der Waals surface area contributed by atoms with Crippen molar-refractivity contribution in [3.05, 3.63) is 108 Å². The number of nitrogens with one attached hydrogen (secondary N) is 2. The van der Waals surface area contributed by atoms with Crippen molar-refractivity contribution in [1.29, 1.82) is 0 Å². The molecule has 4 aromatic heterocycles. The standard InChI is InChI=1S/C20H14N4.C10H9NO.Fe/c1-2-14-10-16-5-6-18(23-16)12-20-8-7-19(24-20)11-17-4-3-15(22-17)9-13(1)21-14;1-12-10-6-2-5-9-8(10)4-3-7-11-9;/h1-12,21,24H;2-7H,1H3;. The molecule has 8 bridgehead atoms. The third-order valence-corrected chi connectivity index (χ3v) is 5.87. The second kappa shape index (κ2) is 10.7. The van der Waals surface area contributed by atoms with Gasteiger partial charge in [0.15, 0.2) is 0 Å². The van der Waals surface area contributed by atoms with E-state index >= 15 is 0 Å². The fraction of sp³-hybridized carbons (Fsp3) is 0.0333. The zero-order chi connectivity index (χ0) is 24.3. The van der Waals surface area contributed by atoms with Gasteiger partial charge in [-0.25, -0.2) is 9.97 Å². The summed E-state index contributed by atoms with van der Waals surface area (Å²) in [5, 5.41) is 1.06. The number of rotatable bonds is 1. The van der Waals surface area contributed by atoms with Crippen LogP contribution in [0.25, 0.3) is 57.3 Å². The Labute approximate surface area is 224 Å². The summed E-state index contributed by atoms with van der Waals surface area (Å²) in [5.41, 5.74) is 8.83. The summed E-state index contributed by atoms with van der Waals surface area (Å²) >= 11 is 0. The zero-order valence-electron chi connectivity index (χ0n) is 20.0. The summed E-state index contributed by atoms with van der Waals surface area (Å²) < 4.78 is 5.19. The van der Waals surface area contributed by atoms with Crippen molar-refractivity contribution in [3.8, 4) is 5.75 Å². The third kappa shape index (κ3) is 5.53. The van der Waals surface area contributed by atoms with E-state index in [1.807, 2.05) is 78.9 Å². The Kier molecular flexibility index (Phi) is 6.99. The van der Waals surface area contributed by atoms with Crippen LogP contribution in [-0.2, 0) is 17.1 Å². The average Bonchev–Trinajstić information content (AvgIpc) is 3.70. The predicted molar refractivity (Wildman–Crippen MR) is 147 cm³/mol. The number of benzene rings is 1. The van der Waals surface area contributed by atoms with Gasteiger partial charge in [0.05, 0.1) is 35.4 Å². The minimum Gasteiger partial charge on any atom is -0.496 e. The van der Waals surface area contributed by atoms with E-state index in [0.717, 1.165) is 61.5 Å². The second-order valence-corrected chi connectivity index (χ2v) is 8.44. The smallest absolute Gasteiger partial charge is 0.128 e. The first-order chi connectivity index (χ1) is 17.7. The number of aromatic nitrogens is 5. The second-order valence-electron chi connectivity index (χ2n) is 8.44. The first-order valence-electron chi connectivity index (χ1n) is 11.6. The van der Waals surface area contributed by atoms with Gasteiger partial charge in [-0.3, -0.25) is 4.98 Å². The van der Waals surface area contributed by atoms with Crippen LogP contribution >= 0.6 is 0 Å². The number of pyridine rings is 1. The average molecular weight is 525 g/mol. The van der Waals surface area contributed by atoms with Crippen LogP contribution in [0.5, 0.6) is 5.75 Å². The van der Waals surface area contributed by atoms with Crippen molar-refractivity contribution >= 4 is 57.3 Å². The van der Waals surface area contributed by atoms with Crippen molar-refractivity contribution < 1.29 is 21.8 Å². The Balaban J connectivity index is 0.000000183. The van der Waals surface area contributed by atoms with E-state index in [4.69, 9.17) is 4.74 Å². The molecule has 0 unspecified atom stereocenters. The summed E-state index contributed by atoms with van der Waals surface area (Å²) in [4.78, 5) is 20.2. The molecule has 2 aliphatic rings. The molecule has 0 spiro atoms. The number of hydrogen-bond acceptors (Lipinski definition) is 4. The predicted octanol–water partition coefficient (Wildman–Crippen LogP) is 6.90. The first-order valence-corrected chi connectivity index (χ1v) is 11.6. The molecule has 2 aliphatic heterocycles. The minimum atomic E-state index is 0. The number of fused-ring (bicyclic) bond motifs is 9. The van der Waals surface area contributed by atoms with Crippen LogP contribution in [0, 0.1) is 0 Å². The molecule has 0 saturated heterocycles. The molecular weight excluding hydrogens is 502 g/mol. The topological polar surface area (TPSA) is 79.5 Å². The fourth-order valence-corrected chi connectivity index (χ4v) is 4.20. The Morgan fingerprint density at radius 1 is 0.595 bits per heavy atom. The molecule has 0 atom stereocenters. The van der Waals surface area contributed by atoms with Crippen molar-refractivity contribution in [2.24, 2.45) is 0 Å². The van der Waals surface area contributed by atoms with Gasteiger partial charge in [-0.2, -0.15) is 0 Å². The maximum Gasteiger partial charge on any atom is 0.128 e. The van der Waals surface area contributed by atoms with Crippen LogP contribution < -0.4 is 4.74 Å². The quantitative estimate of drug-likeness (QED) is 0.229. The van der Waals surface area contributed by atoms with Crippen molar-refractivity contribution in [2.45, 2.75) is 0 Å². The van der Waals surface area contributed by atoms with Gasteiger partial charge < -0.3 is 14.7 Å². The molecule has 0 fully saturated rings. The van der Waals surface area contributed by atoms with Gasteiger partial charge in [-0.1, -0.05) is 6.07 Å². The van der Waals surface area contributed by atoms with Gasteiger partial charge >= 0.3 is 0 Å². The molecule has 7 rings (SSSR count). The fourth-order valence-electron chi connectivity index (χ4n) is 4.20. The number of H-pyrrole nitrogens is 2. The normalized spacial score (nSPS) is 11.5. The molecule has 182 valence electrons. The van der Waals surface area contributed by atoms with Crippen molar-refractivity contribution in [3.63, 3.8) is 0 Å². The molecule has 0 aliphatic carbocycles. The van der Waals surface area contributed by atoms with E-state index in [-0.39, 0.29) is 17.1 Å². The Hall–Kier alpha value is -4.45. The van der Waals surface area contributed by atoms with Gasteiger partial charge in [0.25, 0.3) is 0 Å². The SMILES string of the molecule is C1=Cc2cc3ccc(cc4nc(cc5ccc(cc1n2)[nH]5)C=C4)[nH]3.COc1cccc2ncccc12.[Fe]. The Morgan fingerprint density at radius 3 is 1.54 bits per heavy atom. The van der Waals surface area contributed by atoms with E-state index < -0.39 is 0 Å². The van der Waals surface area contributed by atoms with E-state index in [0.29, 0.717) is 0 Å². The molecule has 6 heterocycles. The molecule has 37 heavy (non-hydrogen) atoms. The Morgan fingerprint density at radius 2 is 1.08 bits per heavy atom. The number of methoxy groups -OCH3 is 1. The van der Waals surface area contributed by atoms with Crippen LogP contribution in [0.3, 0.4) is 0 Å². The molecule has 7 heteroatoms. The zero-order valence-corrected chi connectivity index (χ0v) is 21.1. The summed E-state index contributed by atoms with van der Waals surface area (Å²) in [5.74, 6) is 0.876. The molecule has 0 amide bonds.